The fourth-order valence-electron chi connectivity index (χ4n) is 2.80. The number of hydrogen-bond donors (Lipinski definition) is 1. The van der Waals surface area contributed by atoms with E-state index in [1.54, 1.807) is 6.07 Å². The summed E-state index contributed by atoms with van der Waals surface area (Å²) in [5, 5.41) is 12.8. The topological polar surface area (TPSA) is 75.4 Å². The number of carbonyl (C=O) groups is 2. The molecule has 0 saturated carbocycles. The van der Waals surface area contributed by atoms with E-state index in [9.17, 15) is 22.8 Å². The number of halogens is 3. The highest BCUT2D eigenvalue weighted by Gasteiger charge is 2.31. The largest absolute Gasteiger partial charge is 0.480 e. The van der Waals surface area contributed by atoms with E-state index < -0.39 is 30.9 Å². The van der Waals surface area contributed by atoms with Gasteiger partial charge in [0.05, 0.1) is 6.42 Å². The smallest absolute Gasteiger partial charge is 0.389 e. The van der Waals surface area contributed by atoms with Crippen molar-refractivity contribution in [3.05, 3.63) is 18.0 Å². The molecule has 1 fully saturated rings. The molecule has 0 bridgehead atoms. The van der Waals surface area contributed by atoms with Gasteiger partial charge < -0.3 is 10.0 Å². The maximum atomic E-state index is 12.2. The zero-order valence-electron chi connectivity index (χ0n) is 12.4. The van der Waals surface area contributed by atoms with E-state index in [0.29, 0.717) is 25.2 Å². The molecule has 2 rings (SSSR count). The number of alkyl halides is 3. The maximum Gasteiger partial charge on any atom is 0.389 e. The number of likely N-dealkylation sites (tertiary alicyclic amines) is 1. The van der Waals surface area contributed by atoms with Gasteiger partial charge in [-0.05, 0) is 18.9 Å². The summed E-state index contributed by atoms with van der Waals surface area (Å²) in [6.07, 6.45) is -3.11. The SMILES string of the molecule is O=C(O)Cn1nccc1[C@@H]1CCCN(C(=O)CCC(F)(F)F)C1. The van der Waals surface area contributed by atoms with Crippen molar-refractivity contribution >= 4 is 11.9 Å². The van der Waals surface area contributed by atoms with E-state index >= 15 is 0 Å². The number of rotatable bonds is 5. The van der Waals surface area contributed by atoms with E-state index in [4.69, 9.17) is 5.11 Å². The van der Waals surface area contributed by atoms with Crippen molar-refractivity contribution in [3.8, 4) is 0 Å². The van der Waals surface area contributed by atoms with Crippen LogP contribution in [-0.4, -0.2) is 50.9 Å². The molecule has 0 radical (unpaired) electrons. The van der Waals surface area contributed by atoms with Crippen molar-refractivity contribution < 1.29 is 27.9 Å². The second kappa shape index (κ2) is 7.01. The molecule has 1 saturated heterocycles. The Bertz CT molecular complexity index is 571. The molecule has 0 aromatic carbocycles. The van der Waals surface area contributed by atoms with Crippen LogP contribution in [0.4, 0.5) is 13.2 Å². The van der Waals surface area contributed by atoms with Crippen molar-refractivity contribution in [2.24, 2.45) is 0 Å². The lowest BCUT2D eigenvalue weighted by Gasteiger charge is -2.33. The average Bonchev–Trinajstić information content (AvgIpc) is 2.91. The molecule has 1 amide bonds. The Morgan fingerprint density at radius 2 is 2.13 bits per heavy atom. The first-order valence-corrected chi connectivity index (χ1v) is 7.34. The highest BCUT2D eigenvalue weighted by Crippen LogP contribution is 2.28. The number of carbonyl (C=O) groups excluding carboxylic acids is 1. The van der Waals surface area contributed by atoms with Gasteiger partial charge in [-0.3, -0.25) is 14.3 Å². The monoisotopic (exact) mass is 333 g/mol. The normalized spacial score (nSPS) is 18.9. The van der Waals surface area contributed by atoms with Crippen LogP contribution >= 0.6 is 0 Å². The summed E-state index contributed by atoms with van der Waals surface area (Å²) in [5.74, 6) is -1.65. The van der Waals surface area contributed by atoms with E-state index in [1.807, 2.05) is 0 Å². The zero-order chi connectivity index (χ0) is 17.0. The van der Waals surface area contributed by atoms with Crippen LogP contribution in [0.2, 0.25) is 0 Å². The number of amides is 1. The first-order chi connectivity index (χ1) is 10.8. The summed E-state index contributed by atoms with van der Waals surface area (Å²) in [4.78, 5) is 24.2. The van der Waals surface area contributed by atoms with Crippen LogP contribution in [-0.2, 0) is 16.1 Å². The number of carboxylic acids is 1. The molecule has 6 nitrogen and oxygen atoms in total. The number of nitrogens with zero attached hydrogens (tertiary/aromatic N) is 3. The van der Waals surface area contributed by atoms with Gasteiger partial charge in [-0.25, -0.2) is 0 Å². The van der Waals surface area contributed by atoms with Crippen molar-refractivity contribution in [2.45, 2.75) is 44.3 Å². The molecule has 1 aliphatic rings. The van der Waals surface area contributed by atoms with E-state index in [-0.39, 0.29) is 12.5 Å². The second-order valence-corrected chi connectivity index (χ2v) is 5.60. The lowest BCUT2D eigenvalue weighted by atomic mass is 9.94. The standard InChI is InChI=1S/C14H18F3N3O3/c15-14(16,17)5-3-12(21)19-7-1-2-10(8-19)11-4-6-18-20(11)9-13(22)23/h4,6,10H,1-3,5,7-9H2,(H,22,23)/t10-/m1/s1. The number of aliphatic carboxylic acids is 1. The Hall–Kier alpha value is -2.06. The zero-order valence-corrected chi connectivity index (χ0v) is 12.4. The van der Waals surface area contributed by atoms with Gasteiger partial charge in [0.1, 0.15) is 6.54 Å². The predicted molar refractivity (Wildman–Crippen MR) is 73.7 cm³/mol. The molecule has 0 unspecified atom stereocenters. The average molecular weight is 333 g/mol. The molecule has 1 aromatic heterocycles. The van der Waals surface area contributed by atoms with Crippen molar-refractivity contribution in [1.82, 2.24) is 14.7 Å². The number of piperidine rings is 1. The van der Waals surface area contributed by atoms with Gasteiger partial charge >= 0.3 is 12.1 Å². The lowest BCUT2D eigenvalue weighted by Crippen LogP contribution is -2.40. The Balaban J connectivity index is 1.99. The highest BCUT2D eigenvalue weighted by molar-refractivity contribution is 5.76. The predicted octanol–water partition coefficient (Wildman–Crippen LogP) is 2.02. The van der Waals surface area contributed by atoms with Crippen molar-refractivity contribution in [1.29, 1.82) is 0 Å². The van der Waals surface area contributed by atoms with Crippen LogP contribution in [0.5, 0.6) is 0 Å². The summed E-state index contributed by atoms with van der Waals surface area (Å²) < 4.78 is 38.0. The second-order valence-electron chi connectivity index (χ2n) is 5.60. The molecule has 1 aliphatic heterocycles. The molecule has 128 valence electrons. The molecule has 2 heterocycles. The fraction of sp³-hybridized carbons (Fsp3) is 0.643. The number of aromatic nitrogens is 2. The van der Waals surface area contributed by atoms with Gasteiger partial charge in [0.2, 0.25) is 5.91 Å². The van der Waals surface area contributed by atoms with Gasteiger partial charge in [0.25, 0.3) is 0 Å². The third-order valence-corrected chi connectivity index (χ3v) is 3.85. The molecule has 1 aromatic rings. The summed E-state index contributed by atoms with van der Waals surface area (Å²) in [5.41, 5.74) is 0.695. The molecule has 9 heteroatoms. The molecule has 23 heavy (non-hydrogen) atoms. The molecule has 1 N–H and O–H groups in total. The first-order valence-electron chi connectivity index (χ1n) is 7.34. The molecule has 0 spiro atoms. The minimum atomic E-state index is -4.34. The van der Waals surface area contributed by atoms with Crippen LogP contribution in [0.3, 0.4) is 0 Å². The van der Waals surface area contributed by atoms with Crippen LogP contribution in [0.15, 0.2) is 12.3 Å². The Labute approximate surface area is 130 Å². The Morgan fingerprint density at radius 1 is 1.39 bits per heavy atom. The summed E-state index contributed by atoms with van der Waals surface area (Å²) in [7, 11) is 0. The van der Waals surface area contributed by atoms with Crippen LogP contribution in [0.1, 0.15) is 37.3 Å². The van der Waals surface area contributed by atoms with E-state index in [1.165, 1.54) is 15.8 Å². The van der Waals surface area contributed by atoms with E-state index in [2.05, 4.69) is 5.10 Å². The lowest BCUT2D eigenvalue weighted by molar-refractivity contribution is -0.149. The Kier molecular flexibility index (Phi) is 5.27. The van der Waals surface area contributed by atoms with Gasteiger partial charge in [-0.15, -0.1) is 0 Å². The number of carboxylic acid groups (broad SMARTS) is 1. The summed E-state index contributed by atoms with van der Waals surface area (Å²) in [6, 6.07) is 1.69. The van der Waals surface area contributed by atoms with Gasteiger partial charge in [-0.2, -0.15) is 18.3 Å². The minimum Gasteiger partial charge on any atom is -0.480 e. The molecule has 1 atom stereocenters. The summed E-state index contributed by atoms with van der Waals surface area (Å²) in [6.45, 7) is 0.448. The maximum absolute atomic E-state index is 12.2. The van der Waals surface area contributed by atoms with Crippen LogP contribution < -0.4 is 0 Å². The highest BCUT2D eigenvalue weighted by atomic mass is 19.4. The first kappa shape index (κ1) is 17.3. The minimum absolute atomic E-state index is 0.111. The van der Waals surface area contributed by atoms with Crippen LogP contribution in [0, 0.1) is 0 Å². The van der Waals surface area contributed by atoms with E-state index in [0.717, 1.165) is 6.42 Å². The quantitative estimate of drug-likeness (QED) is 0.894. The molecular weight excluding hydrogens is 315 g/mol. The fourth-order valence-corrected chi connectivity index (χ4v) is 2.80. The van der Waals surface area contributed by atoms with Gasteiger partial charge in [-0.1, -0.05) is 0 Å². The molecule has 0 aliphatic carbocycles. The van der Waals surface area contributed by atoms with Crippen molar-refractivity contribution in [2.75, 3.05) is 13.1 Å². The van der Waals surface area contributed by atoms with Crippen molar-refractivity contribution in [3.63, 3.8) is 0 Å². The third kappa shape index (κ3) is 4.97. The number of hydrogen-bond acceptors (Lipinski definition) is 3. The van der Waals surface area contributed by atoms with Gasteiger partial charge in [0, 0.05) is 37.3 Å². The van der Waals surface area contributed by atoms with Crippen LogP contribution in [0.25, 0.3) is 0 Å². The summed E-state index contributed by atoms with van der Waals surface area (Å²) >= 11 is 0. The Morgan fingerprint density at radius 3 is 2.78 bits per heavy atom. The third-order valence-electron chi connectivity index (χ3n) is 3.85. The molecular formula is C14H18F3N3O3. The van der Waals surface area contributed by atoms with Gasteiger partial charge in [0.15, 0.2) is 0 Å².